The highest BCUT2D eigenvalue weighted by Crippen LogP contribution is 2.20. The summed E-state index contributed by atoms with van der Waals surface area (Å²) in [6, 6.07) is 14.4. The van der Waals surface area contributed by atoms with E-state index in [1.165, 1.54) is 16.4 Å². The van der Waals surface area contributed by atoms with E-state index in [-0.39, 0.29) is 17.3 Å². The van der Waals surface area contributed by atoms with Crippen LogP contribution in [0.25, 0.3) is 0 Å². The van der Waals surface area contributed by atoms with Gasteiger partial charge >= 0.3 is 0 Å². The van der Waals surface area contributed by atoms with Crippen molar-refractivity contribution in [2.75, 3.05) is 44.7 Å². The third-order valence-corrected chi connectivity index (χ3v) is 6.83. The highest BCUT2D eigenvalue weighted by atomic mass is 32.2. The van der Waals surface area contributed by atoms with Crippen LogP contribution in [-0.2, 0) is 26.1 Å². The van der Waals surface area contributed by atoms with Crippen LogP contribution in [0, 0.1) is 19.3 Å². The van der Waals surface area contributed by atoms with E-state index in [1.54, 1.807) is 12.1 Å². The quantitative estimate of drug-likeness (QED) is 0.635. The van der Waals surface area contributed by atoms with Crippen LogP contribution in [0.1, 0.15) is 11.1 Å². The monoisotopic (exact) mass is 441 g/mol. The van der Waals surface area contributed by atoms with E-state index in [4.69, 9.17) is 11.2 Å². The lowest BCUT2D eigenvalue weighted by Gasteiger charge is -2.26. The summed E-state index contributed by atoms with van der Waals surface area (Å²) in [5.41, 5.74) is 2.65. The van der Waals surface area contributed by atoms with Crippen LogP contribution in [0.3, 0.4) is 0 Å². The number of amides is 1. The Hall–Kier alpha value is -2.70. The fourth-order valence-electron chi connectivity index (χ4n) is 3.32. The van der Waals surface area contributed by atoms with Gasteiger partial charge in [-0.05, 0) is 30.7 Å². The molecule has 1 saturated heterocycles. The van der Waals surface area contributed by atoms with Crippen molar-refractivity contribution in [2.24, 2.45) is 0 Å². The smallest absolute Gasteiger partial charge is 0.243 e. The maximum absolute atomic E-state index is 12.8. The van der Waals surface area contributed by atoms with Gasteiger partial charge in [-0.3, -0.25) is 9.69 Å². The van der Waals surface area contributed by atoms with E-state index in [0.29, 0.717) is 45.1 Å². The Morgan fingerprint density at radius 2 is 1.90 bits per heavy atom. The second-order valence-electron chi connectivity index (χ2n) is 7.43. The number of morpholine rings is 1. The van der Waals surface area contributed by atoms with Gasteiger partial charge in [-0.15, -0.1) is 6.42 Å². The maximum atomic E-state index is 12.8. The van der Waals surface area contributed by atoms with Gasteiger partial charge in [0.15, 0.2) is 0 Å². The van der Waals surface area contributed by atoms with Crippen molar-refractivity contribution in [3.8, 4) is 12.3 Å². The zero-order valence-corrected chi connectivity index (χ0v) is 18.4. The van der Waals surface area contributed by atoms with Crippen LogP contribution < -0.4 is 5.32 Å². The molecule has 7 nitrogen and oxygen atoms in total. The van der Waals surface area contributed by atoms with Crippen LogP contribution in [0.2, 0.25) is 0 Å². The van der Waals surface area contributed by atoms with Crippen molar-refractivity contribution < 1.29 is 17.9 Å². The predicted octanol–water partition coefficient (Wildman–Crippen LogP) is 2.09. The summed E-state index contributed by atoms with van der Waals surface area (Å²) in [6.45, 7) is 4.37. The molecule has 2 aromatic rings. The molecule has 1 aliphatic rings. The van der Waals surface area contributed by atoms with Crippen molar-refractivity contribution in [2.45, 2.75) is 18.4 Å². The van der Waals surface area contributed by atoms with Crippen LogP contribution in [0.15, 0.2) is 53.4 Å². The zero-order valence-electron chi connectivity index (χ0n) is 17.6. The van der Waals surface area contributed by atoms with Crippen molar-refractivity contribution >= 4 is 21.6 Å². The van der Waals surface area contributed by atoms with Gasteiger partial charge < -0.3 is 10.1 Å². The molecule has 0 aromatic heterocycles. The molecule has 1 fully saturated rings. The highest BCUT2D eigenvalue weighted by Gasteiger charge is 2.26. The molecule has 31 heavy (non-hydrogen) atoms. The van der Waals surface area contributed by atoms with Gasteiger partial charge in [0, 0.05) is 25.3 Å². The normalized spacial score (nSPS) is 14.9. The lowest BCUT2D eigenvalue weighted by molar-refractivity contribution is -0.117. The number of carbonyl (C=O) groups is 1. The van der Waals surface area contributed by atoms with Gasteiger partial charge in [-0.25, -0.2) is 8.42 Å². The Balaban J connectivity index is 1.65. The molecule has 164 valence electrons. The van der Waals surface area contributed by atoms with Crippen LogP contribution in [0.5, 0.6) is 0 Å². The first-order valence-corrected chi connectivity index (χ1v) is 11.5. The van der Waals surface area contributed by atoms with Crippen molar-refractivity contribution in [1.82, 2.24) is 9.21 Å². The Bertz CT molecular complexity index is 1040. The van der Waals surface area contributed by atoms with Gasteiger partial charge in [0.2, 0.25) is 15.9 Å². The molecule has 1 heterocycles. The van der Waals surface area contributed by atoms with Gasteiger partial charge in [-0.2, -0.15) is 4.31 Å². The third kappa shape index (κ3) is 6.39. The second-order valence-corrected chi connectivity index (χ2v) is 9.37. The number of carbonyl (C=O) groups excluding carboxylic acids is 1. The van der Waals surface area contributed by atoms with E-state index < -0.39 is 10.0 Å². The predicted molar refractivity (Wildman–Crippen MR) is 120 cm³/mol. The van der Waals surface area contributed by atoms with Crippen LogP contribution in [-0.4, -0.2) is 62.9 Å². The number of benzene rings is 2. The summed E-state index contributed by atoms with van der Waals surface area (Å²) in [4.78, 5) is 14.6. The minimum absolute atomic E-state index is 0.0958. The first-order chi connectivity index (χ1) is 14.9. The number of ether oxygens (including phenoxy) is 1. The molecule has 1 amide bonds. The molecule has 0 bridgehead atoms. The Morgan fingerprint density at radius 1 is 1.19 bits per heavy atom. The molecule has 1 aliphatic heterocycles. The molecule has 0 aliphatic carbocycles. The Morgan fingerprint density at radius 3 is 2.58 bits per heavy atom. The van der Waals surface area contributed by atoms with Crippen molar-refractivity contribution in [1.29, 1.82) is 0 Å². The van der Waals surface area contributed by atoms with E-state index in [1.807, 2.05) is 36.1 Å². The number of anilines is 1. The third-order valence-electron chi connectivity index (χ3n) is 4.93. The summed E-state index contributed by atoms with van der Waals surface area (Å²) in [6.07, 6.45) is 5.47. The number of rotatable bonds is 8. The Labute approximate surface area is 184 Å². The summed E-state index contributed by atoms with van der Waals surface area (Å²) in [5.74, 6) is 2.32. The molecule has 0 unspecified atom stereocenters. The number of hydrogen-bond donors (Lipinski definition) is 1. The number of nitrogens with zero attached hydrogens (tertiary/aromatic N) is 2. The first kappa shape index (κ1) is 23.0. The van der Waals surface area contributed by atoms with Crippen LogP contribution >= 0.6 is 0 Å². The molecular formula is C23H27N3O4S. The van der Waals surface area contributed by atoms with E-state index in [2.05, 4.69) is 11.2 Å². The van der Waals surface area contributed by atoms with E-state index in [9.17, 15) is 13.2 Å². The van der Waals surface area contributed by atoms with E-state index >= 15 is 0 Å². The standard InChI is InChI=1S/C23H27N3O4S/c1-3-11-25(17-20-9-7-19(2)8-10-20)18-23(27)24-21-5-4-6-22(16-21)31(28,29)26-12-14-30-15-13-26/h1,4-10,16H,11-15,17-18H2,2H3,(H,24,27). The Kier molecular flexibility index (Phi) is 7.82. The van der Waals surface area contributed by atoms with Gasteiger partial charge in [-0.1, -0.05) is 41.8 Å². The SMILES string of the molecule is C#CCN(CC(=O)Nc1cccc(S(=O)(=O)N2CCOCC2)c1)Cc1ccc(C)cc1. The minimum Gasteiger partial charge on any atom is -0.379 e. The average Bonchev–Trinajstić information content (AvgIpc) is 2.76. The van der Waals surface area contributed by atoms with E-state index in [0.717, 1.165) is 11.1 Å². The molecule has 0 spiro atoms. The van der Waals surface area contributed by atoms with Crippen molar-refractivity contribution in [3.05, 3.63) is 59.7 Å². The van der Waals surface area contributed by atoms with Gasteiger partial charge in [0.25, 0.3) is 0 Å². The largest absolute Gasteiger partial charge is 0.379 e. The van der Waals surface area contributed by atoms with Crippen molar-refractivity contribution in [3.63, 3.8) is 0 Å². The first-order valence-electron chi connectivity index (χ1n) is 10.1. The fraction of sp³-hybridized carbons (Fsp3) is 0.348. The lowest BCUT2D eigenvalue weighted by atomic mass is 10.1. The molecule has 8 heteroatoms. The molecule has 2 aromatic carbocycles. The highest BCUT2D eigenvalue weighted by molar-refractivity contribution is 7.89. The number of aryl methyl sites for hydroxylation is 1. The number of terminal acetylenes is 1. The number of nitrogens with one attached hydrogen (secondary N) is 1. The molecule has 0 saturated carbocycles. The lowest BCUT2D eigenvalue weighted by Crippen LogP contribution is -2.40. The number of hydrogen-bond acceptors (Lipinski definition) is 5. The second kappa shape index (κ2) is 10.6. The van der Waals surface area contributed by atoms with Crippen LogP contribution in [0.4, 0.5) is 5.69 Å². The molecule has 0 atom stereocenters. The van der Waals surface area contributed by atoms with Gasteiger partial charge in [0.1, 0.15) is 0 Å². The fourth-order valence-corrected chi connectivity index (χ4v) is 4.78. The average molecular weight is 442 g/mol. The zero-order chi connectivity index (χ0) is 22.3. The summed E-state index contributed by atoms with van der Waals surface area (Å²) < 4.78 is 32.3. The number of sulfonamides is 1. The molecule has 0 radical (unpaired) electrons. The summed E-state index contributed by atoms with van der Waals surface area (Å²) in [7, 11) is -3.63. The minimum atomic E-state index is -3.63. The maximum Gasteiger partial charge on any atom is 0.243 e. The van der Waals surface area contributed by atoms with Gasteiger partial charge in [0.05, 0.1) is 31.2 Å². The topological polar surface area (TPSA) is 79.0 Å². The summed E-state index contributed by atoms with van der Waals surface area (Å²) >= 11 is 0. The summed E-state index contributed by atoms with van der Waals surface area (Å²) in [5, 5.41) is 2.78. The molecule has 3 rings (SSSR count). The molecule has 1 N–H and O–H groups in total. The molecular weight excluding hydrogens is 414 g/mol.